The Kier molecular flexibility index (Phi) is 4.34. The van der Waals surface area contributed by atoms with Gasteiger partial charge in [-0.3, -0.25) is 13.9 Å². The van der Waals surface area contributed by atoms with Crippen molar-refractivity contribution in [1.82, 2.24) is 13.7 Å². The minimum absolute atomic E-state index is 0.0437. The van der Waals surface area contributed by atoms with Gasteiger partial charge < -0.3 is 4.57 Å². The second-order valence-corrected chi connectivity index (χ2v) is 8.48. The van der Waals surface area contributed by atoms with Crippen LogP contribution in [0.1, 0.15) is 26.3 Å². The molecular weight excluding hydrogens is 362 g/mol. The van der Waals surface area contributed by atoms with Crippen LogP contribution in [-0.2, 0) is 19.5 Å². The van der Waals surface area contributed by atoms with Crippen LogP contribution in [0.4, 0.5) is 0 Å². The van der Waals surface area contributed by atoms with Crippen LogP contribution in [0.15, 0.2) is 70.4 Å². The van der Waals surface area contributed by atoms with Crippen LogP contribution in [0.25, 0.3) is 27.8 Å². The summed E-state index contributed by atoms with van der Waals surface area (Å²) >= 11 is 0. The largest absolute Gasteiger partial charge is 0.330 e. The third-order valence-corrected chi connectivity index (χ3v) is 5.50. The van der Waals surface area contributed by atoms with Crippen LogP contribution >= 0.6 is 0 Å². The minimum atomic E-state index is -0.331. The van der Waals surface area contributed by atoms with E-state index in [1.54, 1.807) is 7.05 Å². The average molecular weight is 387 g/mol. The molecule has 0 aliphatic rings. The molecule has 0 saturated heterocycles. The fourth-order valence-electron chi connectivity index (χ4n) is 3.74. The number of para-hydroxylation sites is 1. The van der Waals surface area contributed by atoms with Crippen molar-refractivity contribution in [3.8, 4) is 16.9 Å². The van der Waals surface area contributed by atoms with E-state index in [4.69, 9.17) is 0 Å². The Morgan fingerprint density at radius 3 is 2.00 bits per heavy atom. The number of nitrogens with zero attached hydrogens (tertiary/aromatic N) is 3. The van der Waals surface area contributed by atoms with Gasteiger partial charge in [-0.1, -0.05) is 63.2 Å². The van der Waals surface area contributed by atoms with Crippen molar-refractivity contribution in [3.63, 3.8) is 0 Å². The van der Waals surface area contributed by atoms with Crippen LogP contribution in [0, 0.1) is 0 Å². The van der Waals surface area contributed by atoms with E-state index < -0.39 is 0 Å². The van der Waals surface area contributed by atoms with Crippen molar-refractivity contribution >= 4 is 10.9 Å². The number of aromatic nitrogens is 3. The summed E-state index contributed by atoms with van der Waals surface area (Å²) in [6, 6.07) is 18.2. The van der Waals surface area contributed by atoms with Crippen molar-refractivity contribution in [1.29, 1.82) is 0 Å². The van der Waals surface area contributed by atoms with Gasteiger partial charge in [0.15, 0.2) is 0 Å². The summed E-state index contributed by atoms with van der Waals surface area (Å²) in [6.07, 6.45) is 1.88. The van der Waals surface area contributed by atoms with Crippen molar-refractivity contribution in [3.05, 3.63) is 87.2 Å². The van der Waals surface area contributed by atoms with Gasteiger partial charge in [-0.25, -0.2) is 4.79 Å². The number of benzene rings is 2. The second-order valence-electron chi connectivity index (χ2n) is 8.48. The minimum Gasteiger partial charge on any atom is -0.314 e. The van der Waals surface area contributed by atoms with Crippen molar-refractivity contribution < 1.29 is 0 Å². The third kappa shape index (κ3) is 3.03. The zero-order valence-corrected chi connectivity index (χ0v) is 17.4. The molecule has 29 heavy (non-hydrogen) atoms. The van der Waals surface area contributed by atoms with E-state index in [-0.39, 0.29) is 16.7 Å². The van der Waals surface area contributed by atoms with E-state index in [0.717, 1.165) is 16.9 Å². The molecule has 0 aliphatic carbocycles. The van der Waals surface area contributed by atoms with E-state index >= 15 is 0 Å². The van der Waals surface area contributed by atoms with Gasteiger partial charge in [0.05, 0.1) is 16.6 Å². The van der Waals surface area contributed by atoms with Crippen molar-refractivity contribution in [2.75, 3.05) is 0 Å². The standard InChI is InChI=1S/C24H25N3O2/c1-24(2,3)17-13-11-16(12-14-17)21-20-19(25(4)23(29)26(5)22(20)28)15-27(21)18-9-7-6-8-10-18/h6-15H,1-5H3. The van der Waals surface area contributed by atoms with Crippen LogP contribution < -0.4 is 11.2 Å². The molecule has 0 saturated carbocycles. The van der Waals surface area contributed by atoms with Crippen LogP contribution in [0.5, 0.6) is 0 Å². The molecule has 0 N–H and O–H groups in total. The monoisotopic (exact) mass is 387 g/mol. The summed E-state index contributed by atoms with van der Waals surface area (Å²) in [5.74, 6) is 0. The van der Waals surface area contributed by atoms with Crippen LogP contribution in [0.3, 0.4) is 0 Å². The molecule has 2 aromatic heterocycles. The SMILES string of the molecule is Cn1c(=O)c2c(-c3ccc(C(C)(C)C)cc3)n(-c3ccccc3)cc2n(C)c1=O. The summed E-state index contributed by atoms with van der Waals surface area (Å²) in [4.78, 5) is 25.6. The van der Waals surface area contributed by atoms with Gasteiger partial charge in [-0.05, 0) is 28.7 Å². The molecule has 5 nitrogen and oxygen atoms in total. The maximum absolute atomic E-state index is 13.1. The highest BCUT2D eigenvalue weighted by molar-refractivity contribution is 5.94. The molecule has 5 heteroatoms. The van der Waals surface area contributed by atoms with Gasteiger partial charge >= 0.3 is 5.69 Å². The third-order valence-electron chi connectivity index (χ3n) is 5.50. The molecule has 0 atom stereocenters. The summed E-state index contributed by atoms with van der Waals surface area (Å²) in [5, 5.41) is 0.543. The first-order chi connectivity index (χ1) is 13.7. The maximum Gasteiger partial charge on any atom is 0.330 e. The lowest BCUT2D eigenvalue weighted by molar-refractivity contribution is 0.590. The molecule has 0 bridgehead atoms. The summed E-state index contributed by atoms with van der Waals surface area (Å²) < 4.78 is 4.70. The Balaban J connectivity index is 2.11. The van der Waals surface area contributed by atoms with Gasteiger partial charge in [-0.15, -0.1) is 0 Å². The summed E-state index contributed by atoms with van der Waals surface area (Å²) in [6.45, 7) is 6.53. The van der Waals surface area contributed by atoms with Gasteiger partial charge in [0.25, 0.3) is 5.56 Å². The quantitative estimate of drug-likeness (QED) is 0.522. The lowest BCUT2D eigenvalue weighted by Gasteiger charge is -2.19. The fraction of sp³-hybridized carbons (Fsp3) is 0.250. The fourth-order valence-corrected chi connectivity index (χ4v) is 3.74. The lowest BCUT2D eigenvalue weighted by atomic mass is 9.86. The first-order valence-corrected chi connectivity index (χ1v) is 9.67. The van der Waals surface area contributed by atoms with Gasteiger partial charge in [0, 0.05) is 26.0 Å². The number of rotatable bonds is 2. The Hall–Kier alpha value is -3.34. The van der Waals surface area contributed by atoms with Crippen LogP contribution in [-0.4, -0.2) is 13.7 Å². The second kappa shape index (κ2) is 6.62. The molecule has 2 heterocycles. The van der Waals surface area contributed by atoms with Gasteiger partial charge in [-0.2, -0.15) is 0 Å². The number of hydrogen-bond acceptors (Lipinski definition) is 2. The highest BCUT2D eigenvalue weighted by Gasteiger charge is 2.21. The number of hydrogen-bond donors (Lipinski definition) is 0. The molecule has 0 aliphatic heterocycles. The molecular formula is C24H25N3O2. The molecule has 0 amide bonds. The number of fused-ring (bicyclic) bond motifs is 1. The Bertz CT molecular complexity index is 1320. The normalized spacial score (nSPS) is 11.9. The van der Waals surface area contributed by atoms with E-state index in [9.17, 15) is 9.59 Å². The molecule has 4 aromatic rings. The molecule has 2 aromatic carbocycles. The molecule has 0 fully saturated rings. The summed E-state index contributed by atoms with van der Waals surface area (Å²) in [5.41, 5.74) is 3.95. The Morgan fingerprint density at radius 2 is 1.41 bits per heavy atom. The molecule has 0 unspecified atom stereocenters. The highest BCUT2D eigenvalue weighted by Crippen LogP contribution is 2.32. The zero-order chi connectivity index (χ0) is 20.9. The Morgan fingerprint density at radius 1 is 0.793 bits per heavy atom. The number of aryl methyl sites for hydroxylation is 1. The van der Waals surface area contributed by atoms with E-state index in [0.29, 0.717) is 10.9 Å². The van der Waals surface area contributed by atoms with Crippen molar-refractivity contribution in [2.24, 2.45) is 14.1 Å². The first-order valence-electron chi connectivity index (χ1n) is 9.67. The molecule has 0 spiro atoms. The molecule has 148 valence electrons. The smallest absolute Gasteiger partial charge is 0.314 e. The Labute approximate surface area is 169 Å². The van der Waals surface area contributed by atoms with Crippen molar-refractivity contribution in [2.45, 2.75) is 26.2 Å². The topological polar surface area (TPSA) is 48.9 Å². The predicted molar refractivity (Wildman–Crippen MR) is 118 cm³/mol. The van der Waals surface area contributed by atoms with Gasteiger partial charge in [0.1, 0.15) is 0 Å². The predicted octanol–water partition coefficient (Wildman–Crippen LogP) is 3.99. The van der Waals surface area contributed by atoms with E-state index in [1.165, 1.54) is 21.7 Å². The van der Waals surface area contributed by atoms with Crippen LogP contribution in [0.2, 0.25) is 0 Å². The lowest BCUT2D eigenvalue weighted by Crippen LogP contribution is -2.36. The zero-order valence-electron chi connectivity index (χ0n) is 17.4. The van der Waals surface area contributed by atoms with E-state index in [2.05, 4.69) is 45.0 Å². The first kappa shape index (κ1) is 19.0. The average Bonchev–Trinajstić information content (AvgIpc) is 3.11. The molecule has 0 radical (unpaired) electrons. The maximum atomic E-state index is 13.1. The van der Waals surface area contributed by atoms with Gasteiger partial charge in [0.2, 0.25) is 0 Å². The highest BCUT2D eigenvalue weighted by atomic mass is 16.2. The van der Waals surface area contributed by atoms with E-state index in [1.807, 2.05) is 41.1 Å². The molecule has 4 rings (SSSR count). The summed E-state index contributed by atoms with van der Waals surface area (Å²) in [7, 11) is 3.22.